The zero-order valence-corrected chi connectivity index (χ0v) is 26.2. The minimum Gasteiger partial charge on any atom is -0.487 e. The molecule has 0 saturated carbocycles. The average molecular weight is 571 g/mol. The Kier molecular flexibility index (Phi) is 13.1. The molecule has 0 spiro atoms. The van der Waals surface area contributed by atoms with Gasteiger partial charge in [-0.3, -0.25) is 4.79 Å². The fourth-order valence-corrected chi connectivity index (χ4v) is 6.19. The average Bonchev–Trinajstić information content (AvgIpc) is 2.93. The summed E-state index contributed by atoms with van der Waals surface area (Å²) in [6, 6.07) is 3.53. The topological polar surface area (TPSA) is 35.5 Å². The van der Waals surface area contributed by atoms with Crippen LogP contribution in [0.2, 0.25) is 0 Å². The first-order valence-electron chi connectivity index (χ1n) is 16.2. The van der Waals surface area contributed by atoms with Gasteiger partial charge in [0.2, 0.25) is 0 Å². The van der Waals surface area contributed by atoms with E-state index in [1.54, 1.807) is 0 Å². The summed E-state index contributed by atoms with van der Waals surface area (Å²) in [4.78, 5) is 12.0. The third kappa shape index (κ3) is 9.54. The second-order valence-electron chi connectivity index (χ2n) is 12.4. The van der Waals surface area contributed by atoms with Gasteiger partial charge in [-0.05, 0) is 69.7 Å². The van der Waals surface area contributed by atoms with Crippen LogP contribution in [0.4, 0.5) is 8.78 Å². The smallest absolute Gasteiger partial charge is 0.308 e. The third-order valence-electron chi connectivity index (χ3n) is 8.80. The van der Waals surface area contributed by atoms with E-state index < -0.39 is 17.6 Å². The van der Waals surface area contributed by atoms with E-state index in [0.29, 0.717) is 17.7 Å². The monoisotopic (exact) mass is 570 g/mol. The number of ether oxygens (including phenoxy) is 2. The molecule has 3 rings (SSSR count). The first-order valence-corrected chi connectivity index (χ1v) is 16.2. The SMILES string of the molecule is CCCCCCCCCCCCCCCC[C@]1(C)CCc2c(c(C)c(C)c(OC(C)=O)c2-c2ccc(F)cc2F)O1. The Balaban J connectivity index is 1.55. The Morgan fingerprint density at radius 2 is 1.44 bits per heavy atom. The van der Waals surface area contributed by atoms with Gasteiger partial charge in [-0.25, -0.2) is 8.78 Å². The molecule has 0 aliphatic carbocycles. The predicted octanol–water partition coefficient (Wildman–Crippen LogP) is 11.1. The molecule has 1 aliphatic heterocycles. The van der Waals surface area contributed by atoms with Crippen molar-refractivity contribution in [2.45, 2.75) is 149 Å². The summed E-state index contributed by atoms with van der Waals surface area (Å²) in [5.74, 6) is -0.722. The maximum Gasteiger partial charge on any atom is 0.308 e. The van der Waals surface area contributed by atoms with Crippen molar-refractivity contribution in [2.75, 3.05) is 0 Å². The minimum absolute atomic E-state index is 0.223. The lowest BCUT2D eigenvalue weighted by molar-refractivity contribution is -0.131. The van der Waals surface area contributed by atoms with Gasteiger partial charge >= 0.3 is 5.97 Å². The molecule has 0 radical (unpaired) electrons. The summed E-state index contributed by atoms with van der Waals surface area (Å²) < 4.78 is 41.1. The van der Waals surface area contributed by atoms with Crippen molar-refractivity contribution in [3.8, 4) is 22.6 Å². The van der Waals surface area contributed by atoms with Crippen LogP contribution < -0.4 is 9.47 Å². The first-order chi connectivity index (χ1) is 19.7. The van der Waals surface area contributed by atoms with E-state index in [4.69, 9.17) is 9.47 Å². The van der Waals surface area contributed by atoms with Gasteiger partial charge in [0.05, 0.1) is 0 Å². The number of carbonyl (C=O) groups excluding carboxylic acids is 1. The molecular weight excluding hydrogens is 518 g/mol. The molecule has 41 heavy (non-hydrogen) atoms. The van der Waals surface area contributed by atoms with Crippen LogP contribution in [-0.4, -0.2) is 11.6 Å². The molecule has 1 atom stereocenters. The Morgan fingerprint density at radius 3 is 1.98 bits per heavy atom. The van der Waals surface area contributed by atoms with Crippen LogP contribution in [0.25, 0.3) is 11.1 Å². The van der Waals surface area contributed by atoms with Crippen LogP contribution in [0, 0.1) is 25.5 Å². The lowest BCUT2D eigenvalue weighted by atomic mass is 9.82. The number of halogens is 2. The van der Waals surface area contributed by atoms with Crippen LogP contribution in [0.5, 0.6) is 11.5 Å². The van der Waals surface area contributed by atoms with Crippen molar-refractivity contribution >= 4 is 5.97 Å². The first kappa shape index (κ1) is 33.1. The largest absolute Gasteiger partial charge is 0.487 e. The highest BCUT2D eigenvalue weighted by molar-refractivity contribution is 5.83. The summed E-state index contributed by atoms with van der Waals surface area (Å²) in [6.07, 6.45) is 21.1. The molecule has 3 nitrogen and oxygen atoms in total. The Bertz CT molecular complexity index is 1140. The van der Waals surface area contributed by atoms with Crippen molar-refractivity contribution in [3.63, 3.8) is 0 Å². The molecule has 2 aromatic rings. The molecule has 0 aromatic heterocycles. The molecule has 0 unspecified atom stereocenters. The van der Waals surface area contributed by atoms with E-state index >= 15 is 4.39 Å². The molecular formula is C36H52F2O3. The Labute approximate surface area is 247 Å². The molecule has 0 fully saturated rings. The van der Waals surface area contributed by atoms with E-state index in [1.165, 1.54) is 103 Å². The summed E-state index contributed by atoms with van der Waals surface area (Å²) in [7, 11) is 0. The summed E-state index contributed by atoms with van der Waals surface area (Å²) >= 11 is 0. The maximum atomic E-state index is 15.0. The van der Waals surface area contributed by atoms with Crippen molar-refractivity contribution in [3.05, 3.63) is 46.5 Å². The van der Waals surface area contributed by atoms with Gasteiger partial charge in [-0.2, -0.15) is 0 Å². The summed E-state index contributed by atoms with van der Waals surface area (Å²) in [5, 5.41) is 0. The van der Waals surface area contributed by atoms with E-state index in [0.717, 1.165) is 47.8 Å². The fourth-order valence-electron chi connectivity index (χ4n) is 6.19. The van der Waals surface area contributed by atoms with Crippen LogP contribution in [0.15, 0.2) is 18.2 Å². The van der Waals surface area contributed by atoms with E-state index in [1.807, 2.05) is 13.8 Å². The molecule has 0 N–H and O–H groups in total. The number of esters is 1. The normalized spacial score (nSPS) is 16.4. The van der Waals surface area contributed by atoms with Crippen molar-refractivity contribution in [1.29, 1.82) is 0 Å². The zero-order valence-electron chi connectivity index (χ0n) is 26.2. The standard InChI is InChI=1S/C36H52F2O3/c1-6-7-8-9-10-11-12-13-14-15-16-17-18-19-23-36(5)24-22-31-33(30-21-20-29(37)25-32(30)38)35(40-28(4)39)27(3)26(2)34(31)41-36/h20-21,25H,6-19,22-24H2,1-5H3/t36-/m1/s1. The van der Waals surface area contributed by atoms with E-state index in [-0.39, 0.29) is 11.2 Å². The zero-order chi connectivity index (χ0) is 29.8. The van der Waals surface area contributed by atoms with Crippen LogP contribution in [0.1, 0.15) is 140 Å². The van der Waals surface area contributed by atoms with Crippen LogP contribution >= 0.6 is 0 Å². The highest BCUT2D eigenvalue weighted by Gasteiger charge is 2.36. The highest BCUT2D eigenvalue weighted by Crippen LogP contribution is 2.49. The lowest BCUT2D eigenvalue weighted by Crippen LogP contribution is -2.37. The second kappa shape index (κ2) is 16.3. The van der Waals surface area contributed by atoms with E-state index in [2.05, 4.69) is 13.8 Å². The number of benzene rings is 2. The van der Waals surface area contributed by atoms with Gasteiger partial charge in [-0.15, -0.1) is 0 Å². The molecule has 228 valence electrons. The number of fused-ring (bicyclic) bond motifs is 1. The molecule has 0 bridgehead atoms. The van der Waals surface area contributed by atoms with Gasteiger partial charge in [0.1, 0.15) is 28.7 Å². The fraction of sp³-hybridized carbons (Fsp3) is 0.639. The Hall–Kier alpha value is -2.43. The molecule has 2 aromatic carbocycles. The third-order valence-corrected chi connectivity index (χ3v) is 8.80. The molecule has 0 amide bonds. The minimum atomic E-state index is -0.681. The van der Waals surface area contributed by atoms with E-state index in [9.17, 15) is 9.18 Å². The molecule has 1 aliphatic rings. The van der Waals surface area contributed by atoms with Gasteiger partial charge in [0.25, 0.3) is 0 Å². The summed E-state index contributed by atoms with van der Waals surface area (Å²) in [6.45, 7) is 9.60. The van der Waals surface area contributed by atoms with Crippen LogP contribution in [-0.2, 0) is 11.2 Å². The van der Waals surface area contributed by atoms with Gasteiger partial charge < -0.3 is 9.47 Å². The number of carbonyl (C=O) groups is 1. The number of unbranched alkanes of at least 4 members (excludes halogenated alkanes) is 13. The van der Waals surface area contributed by atoms with Crippen molar-refractivity contribution < 1.29 is 23.0 Å². The Morgan fingerprint density at radius 1 is 0.878 bits per heavy atom. The van der Waals surface area contributed by atoms with Crippen molar-refractivity contribution in [1.82, 2.24) is 0 Å². The number of rotatable bonds is 17. The molecule has 1 heterocycles. The molecule has 0 saturated heterocycles. The van der Waals surface area contributed by atoms with Gasteiger partial charge in [0, 0.05) is 29.7 Å². The lowest BCUT2D eigenvalue weighted by Gasteiger charge is -2.38. The number of hydrogen-bond donors (Lipinski definition) is 0. The highest BCUT2D eigenvalue weighted by atomic mass is 19.1. The predicted molar refractivity (Wildman–Crippen MR) is 165 cm³/mol. The number of hydrogen-bond acceptors (Lipinski definition) is 3. The van der Waals surface area contributed by atoms with Gasteiger partial charge in [-0.1, -0.05) is 90.4 Å². The van der Waals surface area contributed by atoms with Gasteiger partial charge in [0.15, 0.2) is 0 Å². The summed E-state index contributed by atoms with van der Waals surface area (Å²) in [5.41, 5.74) is 2.87. The van der Waals surface area contributed by atoms with Crippen molar-refractivity contribution in [2.24, 2.45) is 0 Å². The second-order valence-corrected chi connectivity index (χ2v) is 12.4. The van der Waals surface area contributed by atoms with Crippen LogP contribution in [0.3, 0.4) is 0 Å². The quantitative estimate of drug-likeness (QED) is 0.108. The molecule has 5 heteroatoms. The maximum absolute atomic E-state index is 15.0.